The summed E-state index contributed by atoms with van der Waals surface area (Å²) in [4.78, 5) is 0.284. The van der Waals surface area contributed by atoms with Crippen molar-refractivity contribution >= 4 is 10.0 Å². The lowest BCUT2D eigenvalue weighted by atomic mass is 9.98. The largest absolute Gasteiger partial charge is 0.395 e. The Labute approximate surface area is 153 Å². The van der Waals surface area contributed by atoms with Crippen LogP contribution in [0, 0.1) is 18.8 Å². The molecule has 0 aromatic heterocycles. The number of aliphatic hydroxyl groups is 1. The molecule has 0 saturated carbocycles. The molecule has 0 bridgehead atoms. The van der Waals surface area contributed by atoms with E-state index in [0.717, 1.165) is 18.4 Å². The highest BCUT2D eigenvalue weighted by molar-refractivity contribution is 7.89. The van der Waals surface area contributed by atoms with Gasteiger partial charge in [0.2, 0.25) is 10.0 Å². The van der Waals surface area contributed by atoms with Crippen molar-refractivity contribution in [2.75, 3.05) is 19.7 Å². The molecule has 1 unspecified atom stereocenters. The first-order valence-electron chi connectivity index (χ1n) is 9.11. The molecule has 0 fully saturated rings. The summed E-state index contributed by atoms with van der Waals surface area (Å²) in [5, 5.41) is 9.90. The molecule has 1 aromatic rings. The van der Waals surface area contributed by atoms with Crippen LogP contribution in [-0.2, 0) is 10.0 Å². The highest BCUT2D eigenvalue weighted by atomic mass is 32.2. The fourth-order valence-electron chi connectivity index (χ4n) is 2.88. The molecule has 0 aliphatic rings. The van der Waals surface area contributed by atoms with E-state index in [4.69, 9.17) is 5.73 Å². The van der Waals surface area contributed by atoms with Gasteiger partial charge in [-0.1, -0.05) is 38.5 Å². The van der Waals surface area contributed by atoms with Crippen molar-refractivity contribution in [2.45, 2.75) is 57.9 Å². The zero-order valence-electron chi connectivity index (χ0n) is 16.0. The minimum atomic E-state index is -3.64. The van der Waals surface area contributed by atoms with Gasteiger partial charge in [0, 0.05) is 12.6 Å². The van der Waals surface area contributed by atoms with Gasteiger partial charge in [0.1, 0.15) is 0 Å². The maximum atomic E-state index is 13.2. The molecule has 0 heterocycles. The van der Waals surface area contributed by atoms with Crippen molar-refractivity contribution in [1.82, 2.24) is 4.31 Å². The average molecular weight is 371 g/mol. The Morgan fingerprint density at radius 2 is 1.72 bits per heavy atom. The number of aliphatic hydroxyl groups excluding tert-OH is 1. The predicted octanol–water partition coefficient (Wildman–Crippen LogP) is 2.77. The minimum Gasteiger partial charge on any atom is -0.395 e. The molecule has 0 saturated heterocycles. The van der Waals surface area contributed by atoms with Crippen LogP contribution in [0.25, 0.3) is 0 Å². The van der Waals surface area contributed by atoms with Crippen molar-refractivity contribution < 1.29 is 13.5 Å². The first kappa shape index (κ1) is 22.1. The van der Waals surface area contributed by atoms with Crippen molar-refractivity contribution in [1.29, 1.82) is 0 Å². The molecular weight excluding hydrogens is 336 g/mol. The molecule has 25 heavy (non-hydrogen) atoms. The lowest BCUT2D eigenvalue weighted by Gasteiger charge is -2.32. The smallest absolute Gasteiger partial charge is 0.243 e. The highest BCUT2D eigenvalue weighted by Crippen LogP contribution is 2.24. The number of hydrogen-bond donors (Lipinski definition) is 2. The molecule has 6 heteroatoms. The standard InChI is InChI=1S/C19H34N2O3S/c1-15(2)10-12-21(18(14-22)13-17(4)9-11-20)25(23,24)19-7-5-16(3)6-8-19/h5-8,15,17-18,22H,9-14,20H2,1-4H3/t17?,18-/m0/s1. The minimum absolute atomic E-state index is 0.182. The Balaban J connectivity index is 3.13. The third-order valence-corrected chi connectivity index (χ3v) is 6.47. The van der Waals surface area contributed by atoms with Gasteiger partial charge >= 0.3 is 0 Å². The monoisotopic (exact) mass is 370 g/mol. The SMILES string of the molecule is Cc1ccc(S(=O)(=O)N(CCC(C)C)[C@H](CO)CC(C)CCN)cc1. The molecule has 0 aliphatic heterocycles. The molecule has 1 rings (SSSR count). The van der Waals surface area contributed by atoms with Crippen LogP contribution in [0.15, 0.2) is 29.2 Å². The Morgan fingerprint density at radius 1 is 1.12 bits per heavy atom. The molecule has 5 nitrogen and oxygen atoms in total. The van der Waals surface area contributed by atoms with Crippen molar-refractivity contribution in [3.8, 4) is 0 Å². The highest BCUT2D eigenvalue weighted by Gasteiger charge is 2.31. The second kappa shape index (κ2) is 10.3. The molecule has 0 amide bonds. The Hall–Kier alpha value is -0.950. The van der Waals surface area contributed by atoms with Gasteiger partial charge in [-0.25, -0.2) is 8.42 Å². The van der Waals surface area contributed by atoms with Crippen LogP contribution >= 0.6 is 0 Å². The summed E-state index contributed by atoms with van der Waals surface area (Å²) in [6, 6.07) is 6.47. The van der Waals surface area contributed by atoms with Gasteiger partial charge in [0.15, 0.2) is 0 Å². The summed E-state index contributed by atoms with van der Waals surface area (Å²) in [5.41, 5.74) is 6.63. The Kier molecular flexibility index (Phi) is 9.07. The third kappa shape index (κ3) is 6.70. The maximum Gasteiger partial charge on any atom is 0.243 e. The van der Waals surface area contributed by atoms with E-state index >= 15 is 0 Å². The number of hydrogen-bond acceptors (Lipinski definition) is 4. The van der Waals surface area contributed by atoms with E-state index in [1.807, 2.05) is 6.92 Å². The zero-order chi connectivity index (χ0) is 19.0. The maximum absolute atomic E-state index is 13.2. The van der Waals surface area contributed by atoms with E-state index < -0.39 is 16.1 Å². The van der Waals surface area contributed by atoms with Crippen LogP contribution in [-0.4, -0.2) is 43.6 Å². The van der Waals surface area contributed by atoms with E-state index in [1.54, 1.807) is 24.3 Å². The van der Waals surface area contributed by atoms with Gasteiger partial charge in [-0.15, -0.1) is 0 Å². The van der Waals surface area contributed by atoms with Gasteiger partial charge in [-0.3, -0.25) is 0 Å². The first-order valence-corrected chi connectivity index (χ1v) is 10.6. The summed E-state index contributed by atoms with van der Waals surface area (Å²) < 4.78 is 27.9. The van der Waals surface area contributed by atoms with Gasteiger partial charge in [-0.2, -0.15) is 4.31 Å². The van der Waals surface area contributed by atoms with Crippen molar-refractivity contribution in [3.05, 3.63) is 29.8 Å². The first-order chi connectivity index (χ1) is 11.7. The van der Waals surface area contributed by atoms with E-state index in [1.165, 1.54) is 4.31 Å². The summed E-state index contributed by atoms with van der Waals surface area (Å²) in [5.74, 6) is 0.647. The lowest BCUT2D eigenvalue weighted by Crippen LogP contribution is -2.44. The number of nitrogens with zero attached hydrogens (tertiary/aromatic N) is 1. The van der Waals surface area contributed by atoms with Crippen LogP contribution in [0.2, 0.25) is 0 Å². The van der Waals surface area contributed by atoms with Crippen LogP contribution in [0.3, 0.4) is 0 Å². The molecule has 1 aromatic carbocycles. The van der Waals surface area contributed by atoms with E-state index in [-0.39, 0.29) is 17.4 Å². The molecule has 3 N–H and O–H groups in total. The summed E-state index contributed by atoms with van der Waals surface area (Å²) in [6.07, 6.45) is 2.18. The number of aryl methyl sites for hydroxylation is 1. The average Bonchev–Trinajstić information content (AvgIpc) is 2.54. The number of sulfonamides is 1. The van der Waals surface area contributed by atoms with Crippen molar-refractivity contribution in [3.63, 3.8) is 0 Å². The summed E-state index contributed by atoms with van der Waals surface area (Å²) >= 11 is 0. The van der Waals surface area contributed by atoms with Gasteiger partial charge in [0.25, 0.3) is 0 Å². The molecule has 144 valence electrons. The van der Waals surface area contributed by atoms with E-state index in [0.29, 0.717) is 25.4 Å². The van der Waals surface area contributed by atoms with Gasteiger partial charge in [-0.05, 0) is 56.7 Å². The number of rotatable bonds is 11. The van der Waals surface area contributed by atoms with E-state index in [2.05, 4.69) is 20.8 Å². The normalized spacial score (nSPS) is 14.9. The molecule has 0 aliphatic carbocycles. The van der Waals surface area contributed by atoms with Crippen LogP contribution in [0.4, 0.5) is 0 Å². The van der Waals surface area contributed by atoms with E-state index in [9.17, 15) is 13.5 Å². The van der Waals surface area contributed by atoms with Gasteiger partial charge in [0.05, 0.1) is 11.5 Å². The van der Waals surface area contributed by atoms with Gasteiger partial charge < -0.3 is 10.8 Å². The Bertz CT molecular complexity index is 600. The number of benzene rings is 1. The number of nitrogens with two attached hydrogens (primary N) is 1. The molecule has 0 radical (unpaired) electrons. The Morgan fingerprint density at radius 3 is 2.20 bits per heavy atom. The fraction of sp³-hybridized carbons (Fsp3) is 0.684. The summed E-state index contributed by atoms with van der Waals surface area (Å²) in [6.45, 7) is 8.92. The van der Waals surface area contributed by atoms with Crippen LogP contribution in [0.1, 0.15) is 45.6 Å². The van der Waals surface area contributed by atoms with Crippen LogP contribution < -0.4 is 5.73 Å². The summed E-state index contributed by atoms with van der Waals surface area (Å²) in [7, 11) is -3.64. The molecule has 0 spiro atoms. The fourth-order valence-corrected chi connectivity index (χ4v) is 4.52. The lowest BCUT2D eigenvalue weighted by molar-refractivity contribution is 0.160. The third-order valence-electron chi connectivity index (χ3n) is 4.51. The predicted molar refractivity (Wildman–Crippen MR) is 103 cm³/mol. The molecule has 2 atom stereocenters. The zero-order valence-corrected chi connectivity index (χ0v) is 16.8. The molecular formula is C19H34N2O3S. The van der Waals surface area contributed by atoms with Crippen molar-refractivity contribution in [2.24, 2.45) is 17.6 Å². The second-order valence-corrected chi connectivity index (χ2v) is 9.26. The quantitative estimate of drug-likeness (QED) is 0.627. The second-order valence-electron chi connectivity index (χ2n) is 7.37. The van der Waals surface area contributed by atoms with Crippen LogP contribution in [0.5, 0.6) is 0 Å². The topological polar surface area (TPSA) is 83.6 Å².